The molecule has 0 spiro atoms. The highest BCUT2D eigenvalue weighted by Gasteiger charge is 2.18. The quantitative estimate of drug-likeness (QED) is 0.432. The van der Waals surface area contributed by atoms with Gasteiger partial charge in [0, 0.05) is 25.1 Å². The van der Waals surface area contributed by atoms with Gasteiger partial charge in [-0.2, -0.15) is 5.10 Å². The molecule has 0 aliphatic carbocycles. The van der Waals surface area contributed by atoms with E-state index in [1.807, 2.05) is 49.7 Å². The zero-order chi connectivity index (χ0) is 22.7. The van der Waals surface area contributed by atoms with Crippen molar-refractivity contribution in [3.05, 3.63) is 77.0 Å². The van der Waals surface area contributed by atoms with Crippen LogP contribution in [0, 0.1) is 19.7 Å². The maximum atomic E-state index is 13.3. The summed E-state index contributed by atoms with van der Waals surface area (Å²) in [5.74, 6) is 0.632. The molecule has 2 N–H and O–H groups in total. The van der Waals surface area contributed by atoms with E-state index < -0.39 is 5.82 Å². The second-order valence-electron chi connectivity index (χ2n) is 7.52. The smallest absolute Gasteiger partial charge is 0.251 e. The standard InChI is InChI=1S/C24H25FN6O/c1-4-20-28-22(26-12-13-27-24(32)17-9-7-10-18(25)14-17)21-16(3)30-31(23(21)29-20)19-11-6-5-8-15(19)2/h5-11,14H,4,12-13H2,1-3H3,(H,27,32)(H,26,28,29). The molecule has 0 saturated carbocycles. The Bertz CT molecular complexity index is 1280. The molecule has 2 aromatic carbocycles. The van der Waals surface area contributed by atoms with Crippen molar-refractivity contribution in [1.82, 2.24) is 25.1 Å². The fourth-order valence-electron chi connectivity index (χ4n) is 3.57. The van der Waals surface area contributed by atoms with Gasteiger partial charge in [-0.3, -0.25) is 4.79 Å². The van der Waals surface area contributed by atoms with Gasteiger partial charge in [-0.25, -0.2) is 19.0 Å². The number of carbonyl (C=O) groups excluding carboxylic acids is 1. The number of carbonyl (C=O) groups is 1. The van der Waals surface area contributed by atoms with Crippen molar-refractivity contribution in [2.45, 2.75) is 27.2 Å². The number of hydrogen-bond donors (Lipinski definition) is 2. The summed E-state index contributed by atoms with van der Waals surface area (Å²) in [5, 5.41) is 11.7. The topological polar surface area (TPSA) is 84.7 Å². The summed E-state index contributed by atoms with van der Waals surface area (Å²) in [6.45, 7) is 6.79. The Balaban J connectivity index is 1.56. The number of halogens is 1. The van der Waals surface area contributed by atoms with Crippen LogP contribution in [0.5, 0.6) is 0 Å². The highest BCUT2D eigenvalue weighted by atomic mass is 19.1. The lowest BCUT2D eigenvalue weighted by molar-refractivity contribution is 0.0954. The number of fused-ring (bicyclic) bond motifs is 1. The van der Waals surface area contributed by atoms with E-state index in [9.17, 15) is 9.18 Å². The van der Waals surface area contributed by atoms with Gasteiger partial charge in [0.15, 0.2) is 5.65 Å². The maximum Gasteiger partial charge on any atom is 0.251 e. The first-order valence-electron chi connectivity index (χ1n) is 10.6. The van der Waals surface area contributed by atoms with Gasteiger partial charge in [0.05, 0.1) is 16.8 Å². The third-order valence-electron chi connectivity index (χ3n) is 5.20. The molecule has 0 saturated heterocycles. The number of aryl methyl sites for hydroxylation is 3. The normalized spacial score (nSPS) is 11.0. The number of rotatable bonds is 7. The molecule has 7 nitrogen and oxygen atoms in total. The minimum Gasteiger partial charge on any atom is -0.368 e. The lowest BCUT2D eigenvalue weighted by Gasteiger charge is -2.11. The fraction of sp³-hybridized carbons (Fsp3) is 0.250. The zero-order valence-electron chi connectivity index (χ0n) is 18.3. The van der Waals surface area contributed by atoms with Crippen LogP contribution in [0.1, 0.15) is 34.4 Å². The molecule has 0 aliphatic rings. The summed E-state index contributed by atoms with van der Waals surface area (Å²) in [5.41, 5.74) is 3.92. The predicted molar refractivity (Wildman–Crippen MR) is 123 cm³/mol. The van der Waals surface area contributed by atoms with Crippen LogP contribution < -0.4 is 10.6 Å². The van der Waals surface area contributed by atoms with E-state index in [2.05, 4.69) is 15.6 Å². The van der Waals surface area contributed by atoms with Crippen molar-refractivity contribution in [3.63, 3.8) is 0 Å². The predicted octanol–water partition coefficient (Wildman–Crippen LogP) is 3.98. The largest absolute Gasteiger partial charge is 0.368 e. The molecule has 0 fully saturated rings. The molecule has 8 heteroatoms. The zero-order valence-corrected chi connectivity index (χ0v) is 18.3. The van der Waals surface area contributed by atoms with Gasteiger partial charge in [0.25, 0.3) is 5.91 Å². The molecule has 32 heavy (non-hydrogen) atoms. The Labute approximate surface area is 185 Å². The van der Waals surface area contributed by atoms with Crippen molar-refractivity contribution in [3.8, 4) is 5.69 Å². The Morgan fingerprint density at radius 3 is 2.62 bits per heavy atom. The summed E-state index contributed by atoms with van der Waals surface area (Å²) in [7, 11) is 0. The molecule has 4 rings (SSSR count). The van der Waals surface area contributed by atoms with Gasteiger partial charge in [-0.05, 0) is 43.7 Å². The summed E-state index contributed by atoms with van der Waals surface area (Å²) in [6.07, 6.45) is 0.679. The van der Waals surface area contributed by atoms with E-state index in [1.54, 1.807) is 6.07 Å². The first-order chi connectivity index (χ1) is 15.5. The second-order valence-corrected chi connectivity index (χ2v) is 7.52. The molecule has 164 valence electrons. The first kappa shape index (κ1) is 21.4. The van der Waals surface area contributed by atoms with Crippen molar-refractivity contribution in [2.75, 3.05) is 18.4 Å². The molecule has 2 aromatic heterocycles. The first-order valence-corrected chi connectivity index (χ1v) is 10.6. The van der Waals surface area contributed by atoms with Crippen molar-refractivity contribution in [1.29, 1.82) is 0 Å². The number of anilines is 1. The highest BCUT2D eigenvalue weighted by Crippen LogP contribution is 2.27. The molecule has 2 heterocycles. The third-order valence-corrected chi connectivity index (χ3v) is 5.20. The molecule has 0 atom stereocenters. The van der Waals surface area contributed by atoms with Crippen LogP contribution in [0.4, 0.5) is 10.2 Å². The second kappa shape index (κ2) is 9.13. The van der Waals surface area contributed by atoms with Gasteiger partial charge in [-0.1, -0.05) is 31.2 Å². The van der Waals surface area contributed by atoms with Gasteiger partial charge in [0.1, 0.15) is 17.5 Å². The molecule has 0 aliphatic heterocycles. The van der Waals surface area contributed by atoms with Gasteiger partial charge in [-0.15, -0.1) is 0 Å². The van der Waals surface area contributed by atoms with Crippen LogP contribution in [-0.2, 0) is 6.42 Å². The number of aromatic nitrogens is 4. The van der Waals surface area contributed by atoms with Crippen LogP contribution >= 0.6 is 0 Å². The fourth-order valence-corrected chi connectivity index (χ4v) is 3.57. The molecular weight excluding hydrogens is 407 g/mol. The molecular formula is C24H25FN6O. The van der Waals surface area contributed by atoms with E-state index in [0.717, 1.165) is 28.0 Å². The Morgan fingerprint density at radius 1 is 1.06 bits per heavy atom. The molecule has 1 amide bonds. The number of para-hydroxylation sites is 1. The summed E-state index contributed by atoms with van der Waals surface area (Å²) < 4.78 is 15.2. The molecule has 0 unspecified atom stereocenters. The van der Waals surface area contributed by atoms with E-state index in [1.165, 1.54) is 18.2 Å². The average molecular weight is 433 g/mol. The molecule has 4 aromatic rings. The molecule has 0 bridgehead atoms. The maximum absolute atomic E-state index is 13.3. The van der Waals surface area contributed by atoms with Gasteiger partial charge < -0.3 is 10.6 Å². The van der Waals surface area contributed by atoms with E-state index in [0.29, 0.717) is 31.2 Å². The number of hydrogen-bond acceptors (Lipinski definition) is 5. The van der Waals surface area contributed by atoms with Crippen molar-refractivity contribution in [2.24, 2.45) is 0 Å². The number of amides is 1. The van der Waals surface area contributed by atoms with E-state index in [-0.39, 0.29) is 11.5 Å². The van der Waals surface area contributed by atoms with Crippen LogP contribution in [0.25, 0.3) is 16.7 Å². The summed E-state index contributed by atoms with van der Waals surface area (Å²) >= 11 is 0. The lowest BCUT2D eigenvalue weighted by atomic mass is 10.2. The third kappa shape index (κ3) is 4.30. The summed E-state index contributed by atoms with van der Waals surface area (Å²) in [4.78, 5) is 21.6. The van der Waals surface area contributed by atoms with E-state index in [4.69, 9.17) is 10.1 Å². The minimum atomic E-state index is -0.438. The Morgan fingerprint density at radius 2 is 1.88 bits per heavy atom. The number of nitrogens with one attached hydrogen (secondary N) is 2. The number of benzene rings is 2. The average Bonchev–Trinajstić information content (AvgIpc) is 3.13. The van der Waals surface area contributed by atoms with Crippen molar-refractivity contribution >= 4 is 22.8 Å². The van der Waals surface area contributed by atoms with Gasteiger partial charge in [0.2, 0.25) is 0 Å². The van der Waals surface area contributed by atoms with E-state index >= 15 is 0 Å². The monoisotopic (exact) mass is 432 g/mol. The highest BCUT2D eigenvalue weighted by molar-refractivity contribution is 5.94. The Hall–Kier alpha value is -3.81. The van der Waals surface area contributed by atoms with Gasteiger partial charge >= 0.3 is 0 Å². The number of nitrogens with zero attached hydrogens (tertiary/aromatic N) is 4. The minimum absolute atomic E-state index is 0.290. The van der Waals surface area contributed by atoms with Crippen molar-refractivity contribution < 1.29 is 9.18 Å². The Kier molecular flexibility index (Phi) is 6.11. The SMILES string of the molecule is CCc1nc(NCCNC(=O)c2cccc(F)c2)c2c(C)nn(-c3ccccc3C)c2n1. The summed E-state index contributed by atoms with van der Waals surface area (Å²) in [6, 6.07) is 13.7. The van der Waals surface area contributed by atoms with Crippen LogP contribution in [0.3, 0.4) is 0 Å². The van der Waals surface area contributed by atoms with Crippen LogP contribution in [-0.4, -0.2) is 38.7 Å². The van der Waals surface area contributed by atoms with Crippen LogP contribution in [0.2, 0.25) is 0 Å². The molecule has 0 radical (unpaired) electrons. The lowest BCUT2D eigenvalue weighted by Crippen LogP contribution is -2.29. The van der Waals surface area contributed by atoms with Crippen LogP contribution in [0.15, 0.2) is 48.5 Å².